The third kappa shape index (κ3) is 2.10. The number of hydrogen-bond acceptors (Lipinski definition) is 4. The molecule has 3 rings (SSSR count). The maximum Gasteiger partial charge on any atom is 0.179 e. The van der Waals surface area contributed by atoms with E-state index in [9.17, 15) is 0 Å². The molecule has 0 saturated carbocycles. The molecule has 5 nitrogen and oxygen atoms in total. The quantitative estimate of drug-likeness (QED) is 0.698. The Hall–Kier alpha value is -1.62. The van der Waals surface area contributed by atoms with Crippen LogP contribution in [0.2, 0.25) is 0 Å². The van der Waals surface area contributed by atoms with Gasteiger partial charge >= 0.3 is 0 Å². The smallest absolute Gasteiger partial charge is 0.179 e. The van der Waals surface area contributed by atoms with E-state index in [1.807, 2.05) is 6.07 Å². The molecule has 0 bridgehead atoms. The van der Waals surface area contributed by atoms with E-state index in [2.05, 4.69) is 20.3 Å². The van der Waals surface area contributed by atoms with Crippen LogP contribution in [0.5, 0.6) is 0 Å². The van der Waals surface area contributed by atoms with Crippen molar-refractivity contribution in [1.29, 1.82) is 0 Å². The second kappa shape index (κ2) is 4.33. The maximum atomic E-state index is 5.66. The number of nitrogen functional groups attached to an aromatic ring is 1. The summed E-state index contributed by atoms with van der Waals surface area (Å²) >= 11 is 0. The molecule has 0 amide bonds. The highest BCUT2D eigenvalue weighted by atomic mass is 15.1. The van der Waals surface area contributed by atoms with Gasteiger partial charge < -0.3 is 16.0 Å². The van der Waals surface area contributed by atoms with Gasteiger partial charge in [0.05, 0.1) is 11.6 Å². The van der Waals surface area contributed by atoms with Gasteiger partial charge in [0.1, 0.15) is 11.6 Å². The molecule has 5 heteroatoms. The number of imidazole rings is 1. The highest BCUT2D eigenvalue weighted by molar-refractivity contribution is 5.72. The number of aromatic nitrogens is 3. The lowest BCUT2D eigenvalue weighted by Crippen LogP contribution is -2.21. The molecule has 17 heavy (non-hydrogen) atoms. The largest absolute Gasteiger partial charge is 0.384 e. The van der Waals surface area contributed by atoms with E-state index >= 15 is 0 Å². The van der Waals surface area contributed by atoms with Gasteiger partial charge in [-0.1, -0.05) is 12.8 Å². The average Bonchev–Trinajstić information content (AvgIpc) is 2.57. The van der Waals surface area contributed by atoms with Gasteiger partial charge in [0.25, 0.3) is 0 Å². The van der Waals surface area contributed by atoms with E-state index in [0.717, 1.165) is 24.3 Å². The molecule has 1 aliphatic heterocycles. The van der Waals surface area contributed by atoms with Crippen molar-refractivity contribution < 1.29 is 0 Å². The number of nitrogens with zero attached hydrogens (tertiary/aromatic N) is 2. The highest BCUT2D eigenvalue weighted by Crippen LogP contribution is 2.22. The lowest BCUT2D eigenvalue weighted by Gasteiger charge is -2.11. The van der Waals surface area contributed by atoms with Crippen LogP contribution in [0.3, 0.4) is 0 Å². The van der Waals surface area contributed by atoms with E-state index < -0.39 is 0 Å². The van der Waals surface area contributed by atoms with Crippen molar-refractivity contribution in [1.82, 2.24) is 20.3 Å². The minimum absolute atomic E-state index is 0.327. The van der Waals surface area contributed by atoms with Gasteiger partial charge in [0.15, 0.2) is 5.65 Å². The summed E-state index contributed by atoms with van der Waals surface area (Å²) in [5.41, 5.74) is 7.33. The molecule has 1 atom stereocenters. The molecule has 0 aromatic carbocycles. The van der Waals surface area contributed by atoms with Crippen LogP contribution in [0.1, 0.15) is 37.5 Å². The molecular weight excluding hydrogens is 214 g/mol. The van der Waals surface area contributed by atoms with Crippen molar-refractivity contribution in [3.63, 3.8) is 0 Å². The van der Waals surface area contributed by atoms with Crippen LogP contribution in [-0.2, 0) is 0 Å². The fourth-order valence-corrected chi connectivity index (χ4v) is 2.35. The maximum absolute atomic E-state index is 5.66. The zero-order valence-electron chi connectivity index (χ0n) is 9.74. The Morgan fingerprint density at radius 2 is 2.12 bits per heavy atom. The molecule has 0 spiro atoms. The predicted molar refractivity (Wildman–Crippen MR) is 67.5 cm³/mol. The van der Waals surface area contributed by atoms with Crippen LogP contribution < -0.4 is 11.1 Å². The first-order valence-corrected chi connectivity index (χ1v) is 6.18. The van der Waals surface area contributed by atoms with Crippen molar-refractivity contribution in [2.75, 3.05) is 12.3 Å². The fraction of sp³-hybridized carbons (Fsp3) is 0.500. The number of fused-ring (bicyclic) bond motifs is 1. The second-order valence-corrected chi connectivity index (χ2v) is 4.59. The highest BCUT2D eigenvalue weighted by Gasteiger charge is 2.17. The number of rotatable bonds is 1. The Kier molecular flexibility index (Phi) is 2.68. The van der Waals surface area contributed by atoms with Gasteiger partial charge in [-0.05, 0) is 31.5 Å². The van der Waals surface area contributed by atoms with Crippen molar-refractivity contribution in [2.24, 2.45) is 0 Å². The first kappa shape index (κ1) is 10.5. The molecule has 0 radical (unpaired) electrons. The van der Waals surface area contributed by atoms with Crippen LogP contribution >= 0.6 is 0 Å². The minimum atomic E-state index is 0.327. The molecule has 90 valence electrons. The lowest BCUT2D eigenvalue weighted by atomic mass is 10.1. The number of nitrogens with one attached hydrogen (secondary N) is 2. The standard InChI is InChI=1S/C12H17N5/c13-10-6-5-9-12(16-10)17-11(15-9)8-4-2-1-3-7-14-8/h5-6,8,14H,1-4,7H2,(H3,13,15,16,17). The van der Waals surface area contributed by atoms with Crippen molar-refractivity contribution in [3.8, 4) is 0 Å². The first-order valence-electron chi connectivity index (χ1n) is 6.18. The second-order valence-electron chi connectivity index (χ2n) is 4.59. The Morgan fingerprint density at radius 3 is 3.06 bits per heavy atom. The van der Waals surface area contributed by atoms with E-state index in [-0.39, 0.29) is 0 Å². The predicted octanol–water partition coefficient (Wildman–Crippen LogP) is 1.74. The van der Waals surface area contributed by atoms with Crippen LogP contribution in [0.15, 0.2) is 12.1 Å². The molecule has 3 heterocycles. The number of H-pyrrole nitrogens is 1. The number of nitrogens with two attached hydrogens (primary N) is 1. The van der Waals surface area contributed by atoms with E-state index in [0.29, 0.717) is 17.5 Å². The third-order valence-corrected chi connectivity index (χ3v) is 3.28. The van der Waals surface area contributed by atoms with E-state index in [1.54, 1.807) is 6.07 Å². The summed E-state index contributed by atoms with van der Waals surface area (Å²) in [5.74, 6) is 1.50. The zero-order valence-corrected chi connectivity index (χ0v) is 9.74. The van der Waals surface area contributed by atoms with Gasteiger partial charge in [0, 0.05) is 0 Å². The van der Waals surface area contributed by atoms with Gasteiger partial charge in [-0.25, -0.2) is 9.97 Å². The first-order chi connectivity index (χ1) is 8.33. The van der Waals surface area contributed by atoms with Gasteiger partial charge in [0.2, 0.25) is 0 Å². The van der Waals surface area contributed by atoms with E-state index in [4.69, 9.17) is 5.73 Å². The SMILES string of the molecule is Nc1ccc2[nH]c(C3CCCCCN3)nc2n1. The molecule has 2 aromatic heterocycles. The molecule has 1 aliphatic rings. The molecule has 4 N–H and O–H groups in total. The monoisotopic (exact) mass is 231 g/mol. The normalized spacial score (nSPS) is 21.5. The minimum Gasteiger partial charge on any atom is -0.384 e. The number of pyridine rings is 1. The number of hydrogen-bond donors (Lipinski definition) is 3. The summed E-state index contributed by atoms with van der Waals surface area (Å²) in [6.07, 6.45) is 4.94. The third-order valence-electron chi connectivity index (χ3n) is 3.28. The Bertz CT molecular complexity index is 511. The zero-order chi connectivity index (χ0) is 11.7. The summed E-state index contributed by atoms with van der Waals surface area (Å²) in [5, 5.41) is 3.52. The average molecular weight is 231 g/mol. The summed E-state index contributed by atoms with van der Waals surface area (Å²) in [4.78, 5) is 12.1. The molecule has 0 aliphatic carbocycles. The summed E-state index contributed by atoms with van der Waals surface area (Å²) in [6, 6.07) is 4.06. The summed E-state index contributed by atoms with van der Waals surface area (Å²) in [6.45, 7) is 1.07. The molecule has 1 fully saturated rings. The fourth-order valence-electron chi connectivity index (χ4n) is 2.35. The Morgan fingerprint density at radius 1 is 1.18 bits per heavy atom. The molecule has 2 aromatic rings. The van der Waals surface area contributed by atoms with Crippen LogP contribution in [0.25, 0.3) is 11.2 Å². The number of anilines is 1. The lowest BCUT2D eigenvalue weighted by molar-refractivity contribution is 0.513. The van der Waals surface area contributed by atoms with Crippen molar-refractivity contribution in [3.05, 3.63) is 18.0 Å². The van der Waals surface area contributed by atoms with Gasteiger partial charge in [-0.15, -0.1) is 0 Å². The van der Waals surface area contributed by atoms with E-state index in [1.165, 1.54) is 19.3 Å². The molecular formula is C12H17N5. The summed E-state index contributed by atoms with van der Waals surface area (Å²) in [7, 11) is 0. The summed E-state index contributed by atoms with van der Waals surface area (Å²) < 4.78 is 0. The van der Waals surface area contributed by atoms with Gasteiger partial charge in [-0.2, -0.15) is 0 Å². The number of aromatic amines is 1. The Balaban J connectivity index is 1.93. The van der Waals surface area contributed by atoms with Crippen LogP contribution in [0, 0.1) is 0 Å². The van der Waals surface area contributed by atoms with Crippen molar-refractivity contribution >= 4 is 17.0 Å². The van der Waals surface area contributed by atoms with Crippen LogP contribution in [-0.4, -0.2) is 21.5 Å². The van der Waals surface area contributed by atoms with Crippen molar-refractivity contribution in [2.45, 2.75) is 31.7 Å². The van der Waals surface area contributed by atoms with Crippen LogP contribution in [0.4, 0.5) is 5.82 Å². The molecule has 1 unspecified atom stereocenters. The van der Waals surface area contributed by atoms with Gasteiger partial charge in [-0.3, -0.25) is 0 Å². The Labute approximate surface area is 99.8 Å². The topological polar surface area (TPSA) is 79.6 Å². The molecule has 1 saturated heterocycles.